The highest BCUT2D eigenvalue weighted by Crippen LogP contribution is 2.14. The molecule has 0 aliphatic heterocycles. The minimum Gasteiger partial charge on any atom is -0.345 e. The Hall–Kier alpha value is -0.900. The molecule has 17 heavy (non-hydrogen) atoms. The van der Waals surface area contributed by atoms with Crippen molar-refractivity contribution in [1.29, 1.82) is 0 Å². The van der Waals surface area contributed by atoms with Crippen molar-refractivity contribution < 1.29 is 9.59 Å². The van der Waals surface area contributed by atoms with Crippen LogP contribution in [0.5, 0.6) is 0 Å². The number of Topliss-reactive ketones (excluding diaryl/α,β-unsaturated/α-hetero) is 1. The fraction of sp³-hybridized carbons (Fsp3) is 0.846. The van der Waals surface area contributed by atoms with Crippen LogP contribution >= 0.6 is 0 Å². The highest BCUT2D eigenvalue weighted by molar-refractivity contribution is 5.89. The van der Waals surface area contributed by atoms with Crippen LogP contribution in [-0.4, -0.2) is 30.8 Å². The Balaban J connectivity index is 4.65. The minimum absolute atomic E-state index is 0.0398. The number of amides is 1. The highest BCUT2D eigenvalue weighted by Gasteiger charge is 2.26. The van der Waals surface area contributed by atoms with E-state index in [-0.39, 0.29) is 29.7 Å². The van der Waals surface area contributed by atoms with Gasteiger partial charge in [0, 0.05) is 0 Å². The standard InChI is InChI=1S/C13H26N2O2/c1-6-10(7-2)12(9(4)16)15-13(17)11(8-3)14-5/h10-12,14H,6-8H2,1-5H3,(H,15,17). The fourth-order valence-electron chi connectivity index (χ4n) is 2.09. The molecule has 0 aromatic heterocycles. The van der Waals surface area contributed by atoms with E-state index in [1.165, 1.54) is 0 Å². The van der Waals surface area contributed by atoms with Crippen LogP contribution in [0.1, 0.15) is 47.0 Å². The first-order valence-electron chi connectivity index (χ1n) is 6.49. The van der Waals surface area contributed by atoms with Crippen LogP contribution in [-0.2, 0) is 9.59 Å². The maximum atomic E-state index is 11.9. The molecule has 1 amide bonds. The molecule has 4 heteroatoms. The summed E-state index contributed by atoms with van der Waals surface area (Å²) in [6, 6.07) is -0.564. The lowest BCUT2D eigenvalue weighted by Crippen LogP contribution is -2.51. The van der Waals surface area contributed by atoms with E-state index in [9.17, 15) is 9.59 Å². The van der Waals surface area contributed by atoms with Crippen LogP contribution in [0.3, 0.4) is 0 Å². The van der Waals surface area contributed by atoms with Crippen molar-refractivity contribution in [2.75, 3.05) is 7.05 Å². The van der Waals surface area contributed by atoms with Crippen molar-refractivity contribution in [1.82, 2.24) is 10.6 Å². The lowest BCUT2D eigenvalue weighted by atomic mass is 9.91. The number of likely N-dealkylation sites (N-methyl/N-ethyl adjacent to an activating group) is 1. The summed E-state index contributed by atoms with van der Waals surface area (Å²) in [5.74, 6) is 0.186. The van der Waals surface area contributed by atoms with Crippen LogP contribution in [0.2, 0.25) is 0 Å². The first-order valence-corrected chi connectivity index (χ1v) is 6.49. The lowest BCUT2D eigenvalue weighted by molar-refractivity contribution is -0.129. The second-order valence-electron chi connectivity index (χ2n) is 4.42. The molecular weight excluding hydrogens is 216 g/mol. The summed E-state index contributed by atoms with van der Waals surface area (Å²) in [6.07, 6.45) is 2.52. The molecule has 0 spiro atoms. The van der Waals surface area contributed by atoms with Crippen molar-refractivity contribution in [2.45, 2.75) is 59.0 Å². The van der Waals surface area contributed by atoms with Gasteiger partial charge in [-0.2, -0.15) is 0 Å². The molecule has 2 atom stereocenters. The zero-order valence-electron chi connectivity index (χ0n) is 11.7. The van der Waals surface area contributed by atoms with Gasteiger partial charge in [-0.25, -0.2) is 0 Å². The molecule has 0 rings (SSSR count). The van der Waals surface area contributed by atoms with E-state index in [2.05, 4.69) is 10.6 Å². The average Bonchev–Trinajstić information content (AvgIpc) is 2.30. The first kappa shape index (κ1) is 16.1. The Morgan fingerprint density at radius 2 is 1.59 bits per heavy atom. The van der Waals surface area contributed by atoms with Crippen molar-refractivity contribution in [3.8, 4) is 0 Å². The second-order valence-corrected chi connectivity index (χ2v) is 4.42. The number of nitrogens with one attached hydrogen (secondary N) is 2. The van der Waals surface area contributed by atoms with Gasteiger partial charge in [0.1, 0.15) is 0 Å². The summed E-state index contributed by atoms with van der Waals surface area (Å²) in [7, 11) is 1.76. The largest absolute Gasteiger partial charge is 0.345 e. The highest BCUT2D eigenvalue weighted by atomic mass is 16.2. The summed E-state index contributed by atoms with van der Waals surface area (Å²) >= 11 is 0. The predicted molar refractivity (Wildman–Crippen MR) is 69.8 cm³/mol. The molecule has 2 N–H and O–H groups in total. The van der Waals surface area contributed by atoms with E-state index >= 15 is 0 Å². The lowest BCUT2D eigenvalue weighted by Gasteiger charge is -2.26. The quantitative estimate of drug-likeness (QED) is 0.678. The Morgan fingerprint density at radius 3 is 1.88 bits per heavy atom. The third-order valence-electron chi connectivity index (χ3n) is 3.33. The van der Waals surface area contributed by atoms with Crippen molar-refractivity contribution in [3.63, 3.8) is 0 Å². The van der Waals surface area contributed by atoms with Crippen LogP contribution in [0.15, 0.2) is 0 Å². The Morgan fingerprint density at radius 1 is 1.06 bits per heavy atom. The van der Waals surface area contributed by atoms with Crippen LogP contribution in [0, 0.1) is 5.92 Å². The number of hydrogen-bond acceptors (Lipinski definition) is 3. The van der Waals surface area contributed by atoms with Crippen molar-refractivity contribution in [2.24, 2.45) is 5.92 Å². The third kappa shape index (κ3) is 4.86. The molecule has 0 radical (unpaired) electrons. The summed E-state index contributed by atoms with van der Waals surface area (Å²) in [6.45, 7) is 7.58. The number of carbonyl (C=O) groups excluding carboxylic acids is 2. The molecule has 2 unspecified atom stereocenters. The molecule has 0 aliphatic rings. The summed E-state index contributed by atoms with van der Waals surface area (Å²) in [4.78, 5) is 23.5. The van der Waals surface area contributed by atoms with Gasteiger partial charge in [-0.3, -0.25) is 9.59 Å². The number of hydrogen-bond donors (Lipinski definition) is 2. The van der Waals surface area contributed by atoms with Gasteiger partial charge in [-0.15, -0.1) is 0 Å². The minimum atomic E-state index is -0.347. The van der Waals surface area contributed by atoms with Gasteiger partial charge in [0.25, 0.3) is 0 Å². The van der Waals surface area contributed by atoms with Gasteiger partial charge in [0.15, 0.2) is 5.78 Å². The molecule has 4 nitrogen and oxygen atoms in total. The van der Waals surface area contributed by atoms with Crippen LogP contribution in [0.25, 0.3) is 0 Å². The summed E-state index contributed by atoms with van der Waals surface area (Å²) in [5.41, 5.74) is 0. The van der Waals surface area contributed by atoms with Gasteiger partial charge >= 0.3 is 0 Å². The monoisotopic (exact) mass is 242 g/mol. The number of rotatable bonds is 8. The molecule has 0 heterocycles. The molecule has 0 bridgehead atoms. The molecule has 0 saturated carbocycles. The zero-order valence-corrected chi connectivity index (χ0v) is 11.7. The Labute approximate surface area is 105 Å². The third-order valence-corrected chi connectivity index (χ3v) is 3.33. The van der Waals surface area contributed by atoms with E-state index in [4.69, 9.17) is 0 Å². The van der Waals surface area contributed by atoms with Crippen LogP contribution < -0.4 is 10.6 Å². The van der Waals surface area contributed by atoms with E-state index in [0.29, 0.717) is 0 Å². The molecular formula is C13H26N2O2. The molecule has 100 valence electrons. The van der Waals surface area contributed by atoms with Gasteiger partial charge in [0.05, 0.1) is 12.1 Å². The number of ketones is 1. The van der Waals surface area contributed by atoms with Crippen molar-refractivity contribution in [3.05, 3.63) is 0 Å². The van der Waals surface area contributed by atoms with E-state index in [1.807, 2.05) is 20.8 Å². The molecule has 0 aromatic rings. The second kappa shape index (κ2) is 8.23. The Bertz CT molecular complexity index is 246. The SMILES string of the molecule is CCC(NC)C(=O)NC(C(C)=O)C(CC)CC. The van der Waals surface area contributed by atoms with E-state index < -0.39 is 0 Å². The zero-order chi connectivity index (χ0) is 13.4. The maximum Gasteiger partial charge on any atom is 0.237 e. The molecule has 0 saturated heterocycles. The van der Waals surface area contributed by atoms with E-state index in [0.717, 1.165) is 19.3 Å². The summed E-state index contributed by atoms with van der Waals surface area (Å²) in [5, 5.41) is 5.82. The van der Waals surface area contributed by atoms with Crippen molar-refractivity contribution >= 4 is 11.7 Å². The maximum absolute atomic E-state index is 11.9. The van der Waals surface area contributed by atoms with Gasteiger partial charge < -0.3 is 10.6 Å². The number of carbonyl (C=O) groups is 2. The van der Waals surface area contributed by atoms with Gasteiger partial charge in [-0.1, -0.05) is 33.6 Å². The average molecular weight is 242 g/mol. The van der Waals surface area contributed by atoms with E-state index in [1.54, 1.807) is 14.0 Å². The molecule has 0 fully saturated rings. The van der Waals surface area contributed by atoms with Crippen LogP contribution in [0.4, 0.5) is 0 Å². The van der Waals surface area contributed by atoms with Gasteiger partial charge in [-0.05, 0) is 26.3 Å². The molecule has 0 aromatic carbocycles. The topological polar surface area (TPSA) is 58.2 Å². The first-order chi connectivity index (χ1) is 8.01. The fourth-order valence-corrected chi connectivity index (χ4v) is 2.09. The predicted octanol–water partition coefficient (Wildman–Crippen LogP) is 1.49. The summed E-state index contributed by atoms with van der Waals surface area (Å²) < 4.78 is 0. The van der Waals surface area contributed by atoms with Gasteiger partial charge in [0.2, 0.25) is 5.91 Å². The normalized spacial score (nSPS) is 14.5. The Kier molecular flexibility index (Phi) is 7.79. The molecule has 0 aliphatic carbocycles. The smallest absolute Gasteiger partial charge is 0.237 e.